The zero-order valence-electron chi connectivity index (χ0n) is 17.7. The lowest BCUT2D eigenvalue weighted by Gasteiger charge is -2.31. The Balaban J connectivity index is 1.86. The van der Waals surface area contributed by atoms with Crippen LogP contribution >= 0.6 is 22.9 Å². The Morgan fingerprint density at radius 1 is 1.44 bits per heavy atom. The van der Waals surface area contributed by atoms with Crippen molar-refractivity contribution in [2.75, 3.05) is 13.2 Å². The highest BCUT2D eigenvalue weighted by Gasteiger charge is 2.43. The van der Waals surface area contributed by atoms with Crippen LogP contribution in [0, 0.1) is 5.82 Å². The summed E-state index contributed by atoms with van der Waals surface area (Å²) in [5.41, 5.74) is 1.02. The Morgan fingerprint density at radius 3 is 2.88 bits per heavy atom. The predicted octanol–water partition coefficient (Wildman–Crippen LogP) is 3.69. The number of ether oxygens (including phenoxy) is 1. The summed E-state index contributed by atoms with van der Waals surface area (Å²) >= 11 is 7.64. The van der Waals surface area contributed by atoms with Gasteiger partial charge in [0.05, 0.1) is 23.9 Å². The number of carbonyl (C=O) groups is 1. The number of amidine groups is 1. The monoisotopic (exact) mass is 528 g/mol. The summed E-state index contributed by atoms with van der Waals surface area (Å²) < 4.78 is 58.2. The molecule has 1 N–H and O–H groups in total. The average molecular weight is 529 g/mol. The van der Waals surface area contributed by atoms with E-state index in [4.69, 9.17) is 21.3 Å². The van der Waals surface area contributed by atoms with E-state index in [0.717, 1.165) is 6.07 Å². The summed E-state index contributed by atoms with van der Waals surface area (Å²) in [6.45, 7) is 1.88. The van der Waals surface area contributed by atoms with Gasteiger partial charge in [0, 0.05) is 46.9 Å². The van der Waals surface area contributed by atoms with Crippen LogP contribution in [0.15, 0.2) is 57.8 Å². The molecule has 4 rings (SSSR count). The fourth-order valence-corrected chi connectivity index (χ4v) is 5.68. The molecule has 1 saturated heterocycles. The molecule has 1 fully saturated rings. The van der Waals surface area contributed by atoms with Gasteiger partial charge in [-0.05, 0) is 19.1 Å². The van der Waals surface area contributed by atoms with Crippen molar-refractivity contribution in [1.29, 1.82) is 0 Å². The topological polar surface area (TPSA) is 101 Å². The highest BCUT2D eigenvalue weighted by Crippen LogP contribution is 2.42. The van der Waals surface area contributed by atoms with E-state index >= 15 is 0 Å². The number of sulfonamides is 1. The molecule has 180 valence electrons. The third-order valence-electron chi connectivity index (χ3n) is 5.20. The Hall–Kier alpha value is -2.67. The van der Waals surface area contributed by atoms with Crippen molar-refractivity contribution in [3.8, 4) is 0 Å². The number of aromatic nitrogens is 1. The fraction of sp³-hybridized carbons (Fsp3) is 0.286. The SMILES string of the molecule is CCOC(=O)C1=C2C[C@H](NS(=O)(=O)/C=C/F)CN2C(c2nccs2)=N[C@H]1c1ccc(F)cc1Cl. The van der Waals surface area contributed by atoms with Gasteiger partial charge in [-0.2, -0.15) is 0 Å². The van der Waals surface area contributed by atoms with Crippen LogP contribution in [-0.4, -0.2) is 49.3 Å². The maximum absolute atomic E-state index is 13.7. The van der Waals surface area contributed by atoms with Crippen molar-refractivity contribution in [2.45, 2.75) is 25.4 Å². The Bertz CT molecular complexity index is 1300. The third kappa shape index (κ3) is 4.90. The van der Waals surface area contributed by atoms with Gasteiger partial charge in [-0.3, -0.25) is 4.99 Å². The summed E-state index contributed by atoms with van der Waals surface area (Å²) in [6, 6.07) is 2.17. The summed E-state index contributed by atoms with van der Waals surface area (Å²) in [4.78, 5) is 23.9. The van der Waals surface area contributed by atoms with Crippen LogP contribution in [-0.2, 0) is 19.6 Å². The molecular formula is C21H19ClF2N4O4S2. The molecule has 0 unspecified atom stereocenters. The number of fused-ring (bicyclic) bond motifs is 1. The van der Waals surface area contributed by atoms with Gasteiger partial charge in [-0.1, -0.05) is 17.7 Å². The summed E-state index contributed by atoms with van der Waals surface area (Å²) in [5.74, 6) is -0.787. The second-order valence-corrected chi connectivity index (χ2v) is 10.3. The molecule has 2 aromatic rings. The number of nitrogens with zero attached hydrogens (tertiary/aromatic N) is 3. The van der Waals surface area contributed by atoms with Gasteiger partial charge >= 0.3 is 5.97 Å². The summed E-state index contributed by atoms with van der Waals surface area (Å²) in [6.07, 6.45) is 1.63. The first-order valence-electron chi connectivity index (χ1n) is 10.1. The van der Waals surface area contributed by atoms with Gasteiger partial charge in [0.15, 0.2) is 10.8 Å². The number of carbonyl (C=O) groups excluding carboxylic acids is 1. The van der Waals surface area contributed by atoms with Crippen molar-refractivity contribution in [2.24, 2.45) is 4.99 Å². The summed E-state index contributed by atoms with van der Waals surface area (Å²) in [5, 5.41) is 2.79. The lowest BCUT2D eigenvalue weighted by atomic mass is 9.94. The second-order valence-electron chi connectivity index (χ2n) is 7.38. The molecule has 2 aliphatic heterocycles. The molecule has 0 aliphatic carbocycles. The molecule has 0 saturated carbocycles. The minimum atomic E-state index is -4.04. The molecule has 13 heteroatoms. The van der Waals surface area contributed by atoms with E-state index < -0.39 is 33.9 Å². The van der Waals surface area contributed by atoms with Crippen molar-refractivity contribution < 1.29 is 26.7 Å². The smallest absolute Gasteiger partial charge is 0.338 e. The van der Waals surface area contributed by atoms with Crippen molar-refractivity contribution >= 4 is 44.8 Å². The summed E-state index contributed by atoms with van der Waals surface area (Å²) in [7, 11) is -4.04. The Kier molecular flexibility index (Phi) is 7.12. The van der Waals surface area contributed by atoms with E-state index in [2.05, 4.69) is 9.71 Å². The quantitative estimate of drug-likeness (QED) is 0.550. The number of thiazole rings is 1. The molecule has 1 aromatic carbocycles. The van der Waals surface area contributed by atoms with E-state index in [9.17, 15) is 22.0 Å². The fourth-order valence-electron chi connectivity index (χ4n) is 3.93. The first kappa shape index (κ1) is 24.5. The van der Waals surface area contributed by atoms with E-state index in [-0.39, 0.29) is 36.5 Å². The van der Waals surface area contributed by atoms with Crippen LogP contribution in [0.3, 0.4) is 0 Å². The molecule has 3 heterocycles. The lowest BCUT2D eigenvalue weighted by molar-refractivity contribution is -0.139. The number of aliphatic imine (C=N–C) groups is 1. The number of rotatable bonds is 7. The number of benzene rings is 1. The van der Waals surface area contributed by atoms with Gasteiger partial charge in [-0.15, -0.1) is 11.3 Å². The second kappa shape index (κ2) is 9.90. The van der Waals surface area contributed by atoms with E-state index in [1.807, 2.05) is 0 Å². The Morgan fingerprint density at radius 2 is 2.24 bits per heavy atom. The molecule has 2 atom stereocenters. The zero-order valence-corrected chi connectivity index (χ0v) is 20.1. The zero-order chi connectivity index (χ0) is 24.5. The van der Waals surface area contributed by atoms with E-state index in [1.165, 1.54) is 23.5 Å². The van der Waals surface area contributed by atoms with Crippen LogP contribution in [0.4, 0.5) is 8.78 Å². The lowest BCUT2D eigenvalue weighted by Crippen LogP contribution is -2.39. The normalized spacial score (nSPS) is 20.6. The first-order valence-corrected chi connectivity index (χ1v) is 12.9. The van der Waals surface area contributed by atoms with Crippen LogP contribution in [0.2, 0.25) is 5.02 Å². The molecule has 2 aliphatic rings. The maximum atomic E-state index is 13.7. The molecule has 0 radical (unpaired) electrons. The maximum Gasteiger partial charge on any atom is 0.338 e. The molecule has 0 spiro atoms. The van der Waals surface area contributed by atoms with Crippen molar-refractivity contribution in [1.82, 2.24) is 14.6 Å². The molecule has 34 heavy (non-hydrogen) atoms. The standard InChI is InChI=1S/C21H19ClF2N4O4S2/c1-2-32-21(29)17-16-10-13(27-34(30,31)8-5-23)11-28(16)19(20-25-6-7-33-20)26-18(17)14-4-3-12(24)9-15(14)22/h3-9,13,18,27H,2,10-11H2,1H3/b8-5+/t13-,18-/m0/s1. The number of hydrogen-bond donors (Lipinski definition) is 1. The number of esters is 1. The predicted molar refractivity (Wildman–Crippen MR) is 124 cm³/mol. The Labute approximate surface area is 203 Å². The minimum Gasteiger partial charge on any atom is -0.463 e. The molecule has 0 bridgehead atoms. The van der Waals surface area contributed by atoms with Crippen molar-refractivity contribution in [3.63, 3.8) is 0 Å². The molecular weight excluding hydrogens is 510 g/mol. The van der Waals surface area contributed by atoms with E-state index in [1.54, 1.807) is 23.4 Å². The third-order valence-corrected chi connectivity index (χ3v) is 7.42. The van der Waals surface area contributed by atoms with Gasteiger partial charge < -0.3 is 9.64 Å². The van der Waals surface area contributed by atoms with Gasteiger partial charge in [0.25, 0.3) is 0 Å². The number of hydrogen-bond acceptors (Lipinski definition) is 8. The average Bonchev–Trinajstić information content (AvgIpc) is 3.42. The van der Waals surface area contributed by atoms with Gasteiger partial charge in [0.1, 0.15) is 11.9 Å². The highest BCUT2D eigenvalue weighted by atomic mass is 35.5. The van der Waals surface area contributed by atoms with Gasteiger partial charge in [-0.25, -0.2) is 31.7 Å². The van der Waals surface area contributed by atoms with Crippen LogP contribution in [0.25, 0.3) is 0 Å². The largest absolute Gasteiger partial charge is 0.463 e. The molecule has 8 nitrogen and oxygen atoms in total. The molecule has 0 amide bonds. The highest BCUT2D eigenvalue weighted by molar-refractivity contribution is 7.92. The van der Waals surface area contributed by atoms with Crippen molar-refractivity contribution in [3.05, 3.63) is 74.2 Å². The number of halogens is 3. The van der Waals surface area contributed by atoms with Crippen LogP contribution in [0.1, 0.15) is 30.0 Å². The minimum absolute atomic E-state index is 0.0665. The van der Waals surface area contributed by atoms with Crippen LogP contribution in [0.5, 0.6) is 0 Å². The number of nitrogens with one attached hydrogen (secondary N) is 1. The van der Waals surface area contributed by atoms with Crippen LogP contribution < -0.4 is 4.72 Å². The molecule has 1 aromatic heterocycles. The van der Waals surface area contributed by atoms with E-state index in [0.29, 0.717) is 27.5 Å². The first-order chi connectivity index (χ1) is 16.2. The van der Waals surface area contributed by atoms with Gasteiger partial charge in [0.2, 0.25) is 10.0 Å².